The predicted octanol–water partition coefficient (Wildman–Crippen LogP) is 2.77. The molecule has 2 heterocycles. The topological polar surface area (TPSA) is 48.0 Å². The SMILES string of the molecule is O=C([C@@H]1CCOC1)N(Cc1ccc2c(c1)OCCO2)C1CCCC1. The van der Waals surface area contributed by atoms with Gasteiger partial charge in [-0.05, 0) is 37.0 Å². The minimum absolute atomic E-state index is 0.0304. The second-order valence-corrected chi connectivity index (χ2v) is 6.94. The third-order valence-corrected chi connectivity index (χ3v) is 5.29. The molecule has 2 fully saturated rings. The van der Waals surface area contributed by atoms with Crippen molar-refractivity contribution in [3.05, 3.63) is 23.8 Å². The molecule has 24 heavy (non-hydrogen) atoms. The lowest BCUT2D eigenvalue weighted by atomic mass is 10.0. The lowest BCUT2D eigenvalue weighted by Crippen LogP contribution is -2.42. The number of carbonyl (C=O) groups is 1. The Bertz CT molecular complexity index is 591. The Kier molecular flexibility index (Phi) is 4.60. The molecule has 0 bridgehead atoms. The van der Waals surface area contributed by atoms with Crippen molar-refractivity contribution in [1.82, 2.24) is 4.90 Å². The molecule has 1 saturated heterocycles. The first-order valence-corrected chi connectivity index (χ1v) is 9.08. The largest absolute Gasteiger partial charge is 0.486 e. The third kappa shape index (κ3) is 3.22. The van der Waals surface area contributed by atoms with Crippen LogP contribution in [0.2, 0.25) is 0 Å². The summed E-state index contributed by atoms with van der Waals surface area (Å²) in [6, 6.07) is 6.40. The highest BCUT2D eigenvalue weighted by atomic mass is 16.6. The minimum atomic E-state index is 0.0304. The van der Waals surface area contributed by atoms with Crippen LogP contribution in [-0.2, 0) is 16.1 Å². The van der Waals surface area contributed by atoms with Gasteiger partial charge in [0.05, 0.1) is 12.5 Å². The van der Waals surface area contributed by atoms with E-state index < -0.39 is 0 Å². The van der Waals surface area contributed by atoms with E-state index >= 15 is 0 Å². The van der Waals surface area contributed by atoms with Crippen molar-refractivity contribution in [2.75, 3.05) is 26.4 Å². The fourth-order valence-corrected chi connectivity index (χ4v) is 3.95. The van der Waals surface area contributed by atoms with Gasteiger partial charge < -0.3 is 19.1 Å². The normalized spacial score (nSPS) is 23.4. The summed E-state index contributed by atoms with van der Waals surface area (Å²) in [6.45, 7) is 3.11. The molecule has 4 rings (SSSR count). The maximum atomic E-state index is 13.0. The molecule has 0 unspecified atom stereocenters. The van der Waals surface area contributed by atoms with Crippen molar-refractivity contribution in [2.24, 2.45) is 5.92 Å². The Morgan fingerprint density at radius 1 is 1.04 bits per heavy atom. The van der Waals surface area contributed by atoms with Gasteiger partial charge in [0.1, 0.15) is 13.2 Å². The van der Waals surface area contributed by atoms with E-state index in [0.717, 1.165) is 36.3 Å². The van der Waals surface area contributed by atoms with Gasteiger partial charge in [-0.25, -0.2) is 0 Å². The maximum Gasteiger partial charge on any atom is 0.228 e. The van der Waals surface area contributed by atoms with Crippen LogP contribution >= 0.6 is 0 Å². The summed E-state index contributed by atoms with van der Waals surface area (Å²) in [4.78, 5) is 15.1. The van der Waals surface area contributed by atoms with Gasteiger partial charge in [0, 0.05) is 19.2 Å². The molecular weight excluding hydrogens is 306 g/mol. The molecule has 3 aliphatic rings. The molecule has 1 saturated carbocycles. The lowest BCUT2D eigenvalue weighted by molar-refractivity contribution is -0.138. The highest BCUT2D eigenvalue weighted by Gasteiger charge is 2.33. The number of amides is 1. The van der Waals surface area contributed by atoms with Gasteiger partial charge in [0.25, 0.3) is 0 Å². The van der Waals surface area contributed by atoms with E-state index in [9.17, 15) is 4.79 Å². The maximum absolute atomic E-state index is 13.0. The third-order valence-electron chi connectivity index (χ3n) is 5.29. The standard InChI is InChI=1S/C19H25NO4/c21-19(15-7-8-22-13-15)20(16-3-1-2-4-16)12-14-5-6-17-18(11-14)24-10-9-23-17/h5-6,11,15-16H,1-4,7-10,12-13H2/t15-/m1/s1. The lowest BCUT2D eigenvalue weighted by Gasteiger charge is -2.31. The summed E-state index contributed by atoms with van der Waals surface area (Å²) >= 11 is 0. The Morgan fingerprint density at radius 2 is 1.83 bits per heavy atom. The number of rotatable bonds is 4. The van der Waals surface area contributed by atoms with Gasteiger partial charge in [0.15, 0.2) is 11.5 Å². The average Bonchev–Trinajstić information content (AvgIpc) is 3.32. The summed E-state index contributed by atoms with van der Waals surface area (Å²) in [6.07, 6.45) is 5.52. The molecule has 0 radical (unpaired) electrons. The predicted molar refractivity (Wildman–Crippen MR) is 89.2 cm³/mol. The molecular formula is C19H25NO4. The first-order chi connectivity index (χ1) is 11.8. The van der Waals surface area contributed by atoms with Crippen LogP contribution in [0.15, 0.2) is 18.2 Å². The van der Waals surface area contributed by atoms with Crippen molar-refractivity contribution in [3.8, 4) is 11.5 Å². The second-order valence-electron chi connectivity index (χ2n) is 6.94. The van der Waals surface area contributed by atoms with Gasteiger partial charge in [0.2, 0.25) is 5.91 Å². The number of hydrogen-bond donors (Lipinski definition) is 0. The molecule has 2 aliphatic heterocycles. The molecule has 1 atom stereocenters. The number of carbonyl (C=O) groups excluding carboxylic acids is 1. The Hall–Kier alpha value is -1.75. The molecule has 5 heteroatoms. The Labute approximate surface area is 142 Å². The van der Waals surface area contributed by atoms with E-state index in [2.05, 4.69) is 4.90 Å². The molecule has 1 aliphatic carbocycles. The molecule has 1 aromatic rings. The first-order valence-electron chi connectivity index (χ1n) is 9.08. The van der Waals surface area contributed by atoms with E-state index in [1.807, 2.05) is 18.2 Å². The summed E-state index contributed by atoms with van der Waals surface area (Å²) in [5.74, 6) is 1.88. The van der Waals surface area contributed by atoms with Gasteiger partial charge >= 0.3 is 0 Å². The molecule has 1 aromatic carbocycles. The van der Waals surface area contributed by atoms with Crippen LogP contribution < -0.4 is 9.47 Å². The van der Waals surface area contributed by atoms with E-state index in [4.69, 9.17) is 14.2 Å². The van der Waals surface area contributed by atoms with Crippen LogP contribution in [-0.4, -0.2) is 43.3 Å². The van der Waals surface area contributed by atoms with E-state index in [0.29, 0.717) is 39.0 Å². The highest BCUT2D eigenvalue weighted by Crippen LogP contribution is 2.33. The van der Waals surface area contributed by atoms with E-state index in [-0.39, 0.29) is 11.8 Å². The van der Waals surface area contributed by atoms with Crippen molar-refractivity contribution >= 4 is 5.91 Å². The molecule has 5 nitrogen and oxygen atoms in total. The summed E-state index contributed by atoms with van der Waals surface area (Å²) < 4.78 is 16.7. The van der Waals surface area contributed by atoms with Crippen molar-refractivity contribution in [3.63, 3.8) is 0 Å². The van der Waals surface area contributed by atoms with Crippen LogP contribution in [0.4, 0.5) is 0 Å². The van der Waals surface area contributed by atoms with Crippen molar-refractivity contribution in [2.45, 2.75) is 44.7 Å². The number of benzene rings is 1. The zero-order chi connectivity index (χ0) is 16.4. The molecule has 130 valence electrons. The zero-order valence-corrected chi connectivity index (χ0v) is 14.0. The molecule has 0 aromatic heterocycles. The van der Waals surface area contributed by atoms with Crippen LogP contribution in [0.25, 0.3) is 0 Å². The fraction of sp³-hybridized carbons (Fsp3) is 0.632. The summed E-state index contributed by atoms with van der Waals surface area (Å²) in [5.41, 5.74) is 1.11. The first kappa shape index (κ1) is 15.8. The van der Waals surface area contributed by atoms with Crippen molar-refractivity contribution < 1.29 is 19.0 Å². The number of ether oxygens (including phenoxy) is 3. The van der Waals surface area contributed by atoms with E-state index in [1.165, 1.54) is 12.8 Å². The zero-order valence-electron chi connectivity index (χ0n) is 14.0. The van der Waals surface area contributed by atoms with E-state index in [1.54, 1.807) is 0 Å². The number of hydrogen-bond acceptors (Lipinski definition) is 4. The number of fused-ring (bicyclic) bond motifs is 1. The Balaban J connectivity index is 1.53. The second kappa shape index (κ2) is 7.01. The average molecular weight is 331 g/mol. The highest BCUT2D eigenvalue weighted by molar-refractivity contribution is 5.79. The quantitative estimate of drug-likeness (QED) is 0.851. The molecule has 1 amide bonds. The Morgan fingerprint density at radius 3 is 2.58 bits per heavy atom. The van der Waals surface area contributed by atoms with Crippen LogP contribution in [0.3, 0.4) is 0 Å². The van der Waals surface area contributed by atoms with Crippen LogP contribution in [0.5, 0.6) is 11.5 Å². The van der Waals surface area contributed by atoms with Crippen molar-refractivity contribution in [1.29, 1.82) is 0 Å². The molecule has 0 spiro atoms. The van der Waals surface area contributed by atoms with Gasteiger partial charge in [-0.15, -0.1) is 0 Å². The minimum Gasteiger partial charge on any atom is -0.486 e. The van der Waals surface area contributed by atoms with Gasteiger partial charge in [-0.3, -0.25) is 4.79 Å². The summed E-state index contributed by atoms with van der Waals surface area (Å²) in [7, 11) is 0. The van der Waals surface area contributed by atoms with Gasteiger partial charge in [-0.1, -0.05) is 18.9 Å². The summed E-state index contributed by atoms with van der Waals surface area (Å²) in [5, 5.41) is 0. The smallest absolute Gasteiger partial charge is 0.228 e. The fourth-order valence-electron chi connectivity index (χ4n) is 3.95. The number of nitrogens with zero attached hydrogens (tertiary/aromatic N) is 1. The van der Waals surface area contributed by atoms with Gasteiger partial charge in [-0.2, -0.15) is 0 Å². The monoisotopic (exact) mass is 331 g/mol. The van der Waals surface area contributed by atoms with Crippen LogP contribution in [0, 0.1) is 5.92 Å². The van der Waals surface area contributed by atoms with Crippen LogP contribution in [0.1, 0.15) is 37.7 Å². The molecule has 0 N–H and O–H groups in total.